The molecule has 1 aromatic rings. The molecule has 1 aliphatic carbocycles. The van der Waals surface area contributed by atoms with E-state index in [2.05, 4.69) is 54.5 Å². The van der Waals surface area contributed by atoms with Crippen LogP contribution in [0.15, 0.2) is 30.3 Å². The number of rotatable bonds is 7. The molecule has 1 saturated carbocycles. The van der Waals surface area contributed by atoms with Gasteiger partial charge in [-0.25, -0.2) is 0 Å². The maximum Gasteiger partial charge on any atom is 0.0469 e. The van der Waals surface area contributed by atoms with Crippen LogP contribution in [0.5, 0.6) is 0 Å². The van der Waals surface area contributed by atoms with Crippen molar-refractivity contribution in [2.24, 2.45) is 5.92 Å². The summed E-state index contributed by atoms with van der Waals surface area (Å²) in [6.45, 7) is 5.51. The number of hydrogen-bond donors (Lipinski definition) is 1. The first-order valence-electron chi connectivity index (χ1n) is 8.27. The lowest BCUT2D eigenvalue weighted by molar-refractivity contribution is 0.179. The minimum atomic E-state index is 0.498. The third-order valence-corrected chi connectivity index (χ3v) is 4.58. The van der Waals surface area contributed by atoms with E-state index in [4.69, 9.17) is 0 Å². The summed E-state index contributed by atoms with van der Waals surface area (Å²) >= 11 is 0. The van der Waals surface area contributed by atoms with E-state index in [0.717, 1.165) is 19.0 Å². The highest BCUT2D eigenvalue weighted by atomic mass is 15.1. The summed E-state index contributed by atoms with van der Waals surface area (Å²) in [6.07, 6.45) is 7.16. The van der Waals surface area contributed by atoms with E-state index in [1.807, 2.05) is 0 Å². The van der Waals surface area contributed by atoms with E-state index in [0.29, 0.717) is 6.04 Å². The molecule has 0 bridgehead atoms. The molecule has 2 rings (SSSR count). The zero-order valence-electron chi connectivity index (χ0n) is 13.1. The predicted molar refractivity (Wildman–Crippen MR) is 86.9 cm³/mol. The van der Waals surface area contributed by atoms with Crippen LogP contribution < -0.4 is 5.32 Å². The Labute approximate surface area is 124 Å². The molecule has 0 amide bonds. The van der Waals surface area contributed by atoms with Gasteiger partial charge in [-0.1, -0.05) is 56.5 Å². The van der Waals surface area contributed by atoms with Crippen molar-refractivity contribution < 1.29 is 0 Å². The number of benzene rings is 1. The lowest BCUT2D eigenvalue weighted by Gasteiger charge is -2.33. The van der Waals surface area contributed by atoms with Gasteiger partial charge in [0.1, 0.15) is 0 Å². The van der Waals surface area contributed by atoms with E-state index < -0.39 is 0 Å². The molecular weight excluding hydrogens is 244 g/mol. The Morgan fingerprint density at radius 2 is 1.85 bits per heavy atom. The van der Waals surface area contributed by atoms with Crippen molar-refractivity contribution in [1.82, 2.24) is 10.2 Å². The Morgan fingerprint density at radius 1 is 1.15 bits per heavy atom. The van der Waals surface area contributed by atoms with Crippen LogP contribution in [0.4, 0.5) is 0 Å². The Balaban J connectivity index is 1.97. The summed E-state index contributed by atoms with van der Waals surface area (Å²) in [5, 5.41) is 3.52. The van der Waals surface area contributed by atoms with Crippen LogP contribution in [0.2, 0.25) is 0 Å². The second kappa shape index (κ2) is 8.43. The van der Waals surface area contributed by atoms with Crippen molar-refractivity contribution in [2.45, 2.75) is 45.1 Å². The molecule has 2 heteroatoms. The number of likely N-dealkylation sites (N-methyl/N-ethyl adjacent to an activating group) is 2. The molecule has 1 aromatic carbocycles. The summed E-state index contributed by atoms with van der Waals surface area (Å²) in [4.78, 5) is 2.56. The Bertz CT molecular complexity index is 357. The monoisotopic (exact) mass is 274 g/mol. The zero-order chi connectivity index (χ0) is 14.2. The minimum absolute atomic E-state index is 0.498. The molecule has 0 aromatic heterocycles. The Morgan fingerprint density at radius 3 is 2.50 bits per heavy atom. The van der Waals surface area contributed by atoms with Gasteiger partial charge in [0.05, 0.1) is 0 Å². The molecule has 20 heavy (non-hydrogen) atoms. The molecule has 0 heterocycles. The topological polar surface area (TPSA) is 15.3 Å². The van der Waals surface area contributed by atoms with Crippen molar-refractivity contribution >= 4 is 0 Å². The summed E-state index contributed by atoms with van der Waals surface area (Å²) in [7, 11) is 2.30. The van der Waals surface area contributed by atoms with Crippen LogP contribution in [-0.2, 0) is 0 Å². The summed E-state index contributed by atoms with van der Waals surface area (Å²) in [6, 6.07) is 11.4. The van der Waals surface area contributed by atoms with Crippen molar-refractivity contribution in [1.29, 1.82) is 0 Å². The summed E-state index contributed by atoms with van der Waals surface area (Å²) < 4.78 is 0. The summed E-state index contributed by atoms with van der Waals surface area (Å²) in [5.41, 5.74) is 1.44. The first-order chi connectivity index (χ1) is 9.81. The van der Waals surface area contributed by atoms with Crippen LogP contribution in [0.25, 0.3) is 0 Å². The van der Waals surface area contributed by atoms with E-state index in [1.165, 1.54) is 44.2 Å². The third kappa shape index (κ3) is 4.60. The van der Waals surface area contributed by atoms with Crippen molar-refractivity contribution in [3.63, 3.8) is 0 Å². The maximum absolute atomic E-state index is 3.52. The highest BCUT2D eigenvalue weighted by Gasteiger charge is 2.21. The average molecular weight is 274 g/mol. The highest BCUT2D eigenvalue weighted by Crippen LogP contribution is 2.27. The number of hydrogen-bond acceptors (Lipinski definition) is 2. The predicted octanol–water partition coefficient (Wildman–Crippen LogP) is 3.85. The first kappa shape index (κ1) is 15.5. The van der Waals surface area contributed by atoms with Gasteiger partial charge in [0, 0.05) is 19.1 Å². The van der Waals surface area contributed by atoms with Gasteiger partial charge >= 0.3 is 0 Å². The quantitative estimate of drug-likeness (QED) is 0.812. The van der Waals surface area contributed by atoms with E-state index in [1.54, 1.807) is 0 Å². The fourth-order valence-electron chi connectivity index (χ4n) is 3.39. The van der Waals surface area contributed by atoms with Gasteiger partial charge in [-0.2, -0.15) is 0 Å². The van der Waals surface area contributed by atoms with E-state index in [-0.39, 0.29) is 0 Å². The van der Waals surface area contributed by atoms with E-state index in [9.17, 15) is 0 Å². The van der Waals surface area contributed by atoms with Gasteiger partial charge in [-0.05, 0) is 37.9 Å². The van der Waals surface area contributed by atoms with Crippen molar-refractivity contribution in [2.75, 3.05) is 26.7 Å². The lowest BCUT2D eigenvalue weighted by atomic mass is 9.88. The van der Waals surface area contributed by atoms with Gasteiger partial charge in [-0.3, -0.25) is 4.90 Å². The average Bonchev–Trinajstić information content (AvgIpc) is 2.50. The van der Waals surface area contributed by atoms with E-state index >= 15 is 0 Å². The molecule has 0 radical (unpaired) electrons. The van der Waals surface area contributed by atoms with Gasteiger partial charge in [0.2, 0.25) is 0 Å². The van der Waals surface area contributed by atoms with Crippen LogP contribution in [0.1, 0.15) is 50.6 Å². The third-order valence-electron chi connectivity index (χ3n) is 4.58. The molecule has 0 spiro atoms. The van der Waals surface area contributed by atoms with Gasteiger partial charge in [0.25, 0.3) is 0 Å². The zero-order valence-corrected chi connectivity index (χ0v) is 13.1. The normalized spacial score (nSPS) is 18.4. The maximum atomic E-state index is 3.52. The standard InChI is InChI=1S/C18H30N2/c1-3-19-14-18(17-12-8-5-9-13-17)20(2)15-16-10-6-4-7-11-16/h5,8-9,12-13,16,18-19H,3-4,6-7,10-11,14-15H2,1-2H3. The van der Waals surface area contributed by atoms with Crippen LogP contribution >= 0.6 is 0 Å². The molecule has 112 valence electrons. The minimum Gasteiger partial charge on any atom is -0.315 e. The number of nitrogens with one attached hydrogen (secondary N) is 1. The number of nitrogens with zero attached hydrogens (tertiary/aromatic N) is 1. The van der Waals surface area contributed by atoms with Crippen LogP contribution in [0.3, 0.4) is 0 Å². The molecule has 1 fully saturated rings. The van der Waals surface area contributed by atoms with Gasteiger partial charge < -0.3 is 5.32 Å². The SMILES string of the molecule is CCNCC(c1ccccc1)N(C)CC1CCCCC1. The largest absolute Gasteiger partial charge is 0.315 e. The Hall–Kier alpha value is -0.860. The molecule has 0 aliphatic heterocycles. The molecule has 1 N–H and O–H groups in total. The molecule has 0 saturated heterocycles. The van der Waals surface area contributed by atoms with Gasteiger partial charge in [0.15, 0.2) is 0 Å². The smallest absolute Gasteiger partial charge is 0.0469 e. The second-order valence-electron chi connectivity index (χ2n) is 6.18. The van der Waals surface area contributed by atoms with Crippen molar-refractivity contribution in [3.8, 4) is 0 Å². The Kier molecular flexibility index (Phi) is 6.55. The fraction of sp³-hybridized carbons (Fsp3) is 0.667. The molecule has 1 unspecified atom stereocenters. The van der Waals surface area contributed by atoms with Crippen LogP contribution in [0, 0.1) is 5.92 Å². The molecule has 2 nitrogen and oxygen atoms in total. The summed E-state index contributed by atoms with van der Waals surface area (Å²) in [5.74, 6) is 0.904. The molecule has 1 aliphatic rings. The highest BCUT2D eigenvalue weighted by molar-refractivity contribution is 5.19. The first-order valence-corrected chi connectivity index (χ1v) is 8.27. The molecular formula is C18H30N2. The second-order valence-corrected chi connectivity index (χ2v) is 6.18. The molecule has 1 atom stereocenters. The van der Waals surface area contributed by atoms with Crippen LogP contribution in [-0.4, -0.2) is 31.6 Å². The fourth-order valence-corrected chi connectivity index (χ4v) is 3.39. The lowest BCUT2D eigenvalue weighted by Crippen LogP contribution is -2.36. The van der Waals surface area contributed by atoms with Crippen molar-refractivity contribution in [3.05, 3.63) is 35.9 Å². The van der Waals surface area contributed by atoms with Gasteiger partial charge in [-0.15, -0.1) is 0 Å².